The minimum Gasteiger partial charge on any atom is -0.393 e. The lowest BCUT2D eigenvalue weighted by Gasteiger charge is -2.26. The predicted octanol–water partition coefficient (Wildman–Crippen LogP) is 3.92. The van der Waals surface area contributed by atoms with Crippen LogP contribution in [-0.4, -0.2) is 43.0 Å². The second kappa shape index (κ2) is 9.26. The van der Waals surface area contributed by atoms with Crippen LogP contribution in [0.1, 0.15) is 45.1 Å². The maximum atomic E-state index is 9.72. The number of rotatable bonds is 7. The van der Waals surface area contributed by atoms with Gasteiger partial charge in [-0.15, -0.1) is 0 Å². The molecule has 3 N–H and O–H groups in total. The Kier molecular flexibility index (Phi) is 6.28. The van der Waals surface area contributed by atoms with Crippen LogP contribution in [0, 0.1) is 0 Å². The van der Waals surface area contributed by atoms with E-state index in [1.807, 2.05) is 35.1 Å². The van der Waals surface area contributed by atoms with Gasteiger partial charge in [0.2, 0.25) is 5.95 Å². The van der Waals surface area contributed by atoms with E-state index in [2.05, 4.69) is 46.7 Å². The van der Waals surface area contributed by atoms with Gasteiger partial charge in [0.05, 0.1) is 30.1 Å². The fraction of sp³-hybridized carbons (Fsp3) is 0.435. The summed E-state index contributed by atoms with van der Waals surface area (Å²) in [6, 6.07) is 12.8. The van der Waals surface area contributed by atoms with Crippen LogP contribution in [0.5, 0.6) is 0 Å². The normalized spacial score (nSPS) is 19.1. The fourth-order valence-electron chi connectivity index (χ4n) is 3.86. The minimum atomic E-state index is -0.171. The van der Waals surface area contributed by atoms with Crippen molar-refractivity contribution in [3.63, 3.8) is 0 Å². The Morgan fingerprint density at radius 1 is 1.10 bits per heavy atom. The third kappa shape index (κ3) is 4.97. The van der Waals surface area contributed by atoms with Gasteiger partial charge in [0, 0.05) is 18.3 Å². The topological polar surface area (TPSA) is 87.9 Å². The molecule has 2 aromatic heterocycles. The molecule has 2 heterocycles. The summed E-state index contributed by atoms with van der Waals surface area (Å²) in [6.07, 6.45) is 7.01. The molecule has 1 saturated carbocycles. The van der Waals surface area contributed by atoms with Crippen LogP contribution in [-0.2, 0) is 6.54 Å². The van der Waals surface area contributed by atoms with Gasteiger partial charge in [-0.05, 0) is 51.2 Å². The molecule has 1 aliphatic carbocycles. The van der Waals surface area contributed by atoms with E-state index in [9.17, 15) is 5.11 Å². The second-order valence-electron chi connectivity index (χ2n) is 8.26. The van der Waals surface area contributed by atoms with Crippen molar-refractivity contribution < 1.29 is 5.11 Å². The Labute approximate surface area is 177 Å². The summed E-state index contributed by atoms with van der Waals surface area (Å²) in [6.45, 7) is 4.93. The van der Waals surface area contributed by atoms with Gasteiger partial charge in [-0.3, -0.25) is 0 Å². The number of nitrogens with one attached hydrogen (secondary N) is 2. The average molecular weight is 407 g/mol. The molecular weight excluding hydrogens is 376 g/mol. The first-order chi connectivity index (χ1) is 14.6. The molecule has 0 saturated heterocycles. The molecule has 1 fully saturated rings. The molecule has 0 spiro atoms. The molecule has 7 heteroatoms. The monoisotopic (exact) mass is 406 g/mol. The van der Waals surface area contributed by atoms with E-state index in [0.717, 1.165) is 42.8 Å². The standard InChI is InChI=1S/C23H30N6O/c1-16(2)26-22-20(14-25-29(22)15-17-6-4-3-5-7-17)21-12-13-24-23(28-21)27-18-8-10-19(30)11-9-18/h3-7,12-14,16,18-19,26,30H,8-11,15H2,1-2H3,(H,24,27,28). The van der Waals surface area contributed by atoms with Crippen LogP contribution in [0.2, 0.25) is 0 Å². The maximum Gasteiger partial charge on any atom is 0.223 e. The third-order valence-corrected chi connectivity index (χ3v) is 5.40. The largest absolute Gasteiger partial charge is 0.393 e. The smallest absolute Gasteiger partial charge is 0.223 e. The molecule has 4 rings (SSSR count). The maximum absolute atomic E-state index is 9.72. The Morgan fingerprint density at radius 3 is 2.60 bits per heavy atom. The van der Waals surface area contributed by atoms with Crippen molar-refractivity contribution in [1.82, 2.24) is 19.7 Å². The summed E-state index contributed by atoms with van der Waals surface area (Å²) in [5.74, 6) is 1.58. The Hall–Kier alpha value is -2.93. The van der Waals surface area contributed by atoms with E-state index >= 15 is 0 Å². The molecule has 0 bridgehead atoms. The van der Waals surface area contributed by atoms with Crippen molar-refractivity contribution in [3.8, 4) is 11.3 Å². The Balaban J connectivity index is 1.58. The van der Waals surface area contributed by atoms with Crippen LogP contribution >= 0.6 is 0 Å². The SMILES string of the molecule is CC(C)Nc1c(-c2ccnc(NC3CCC(O)CC3)n2)cnn1Cc1ccccc1. The van der Waals surface area contributed by atoms with Crippen LogP contribution in [0.4, 0.5) is 11.8 Å². The molecule has 0 amide bonds. The van der Waals surface area contributed by atoms with Gasteiger partial charge in [-0.2, -0.15) is 5.10 Å². The summed E-state index contributed by atoms with van der Waals surface area (Å²) in [5.41, 5.74) is 3.00. The first-order valence-electron chi connectivity index (χ1n) is 10.7. The zero-order valence-electron chi connectivity index (χ0n) is 17.6. The van der Waals surface area contributed by atoms with E-state index in [1.165, 1.54) is 5.56 Å². The average Bonchev–Trinajstić information content (AvgIpc) is 3.12. The molecule has 3 aromatic rings. The molecule has 0 radical (unpaired) electrons. The number of anilines is 2. The Bertz CT molecular complexity index is 947. The van der Waals surface area contributed by atoms with Gasteiger partial charge >= 0.3 is 0 Å². The molecule has 158 valence electrons. The molecule has 1 aromatic carbocycles. The van der Waals surface area contributed by atoms with Crippen molar-refractivity contribution in [2.45, 2.75) is 64.3 Å². The number of benzene rings is 1. The van der Waals surface area contributed by atoms with Crippen molar-refractivity contribution in [3.05, 3.63) is 54.4 Å². The first kappa shape index (κ1) is 20.3. The highest BCUT2D eigenvalue weighted by Crippen LogP contribution is 2.29. The highest BCUT2D eigenvalue weighted by atomic mass is 16.3. The molecule has 0 atom stereocenters. The molecule has 0 unspecified atom stereocenters. The summed E-state index contributed by atoms with van der Waals surface area (Å²) in [5, 5.41) is 21.3. The minimum absolute atomic E-state index is 0.171. The summed E-state index contributed by atoms with van der Waals surface area (Å²) >= 11 is 0. The number of aliphatic hydroxyl groups is 1. The van der Waals surface area contributed by atoms with Gasteiger partial charge in [-0.1, -0.05) is 30.3 Å². The summed E-state index contributed by atoms with van der Waals surface area (Å²) in [7, 11) is 0. The quantitative estimate of drug-likeness (QED) is 0.551. The van der Waals surface area contributed by atoms with E-state index in [1.54, 1.807) is 6.20 Å². The van der Waals surface area contributed by atoms with E-state index in [4.69, 9.17) is 4.98 Å². The summed E-state index contributed by atoms with van der Waals surface area (Å²) in [4.78, 5) is 9.18. The zero-order chi connectivity index (χ0) is 20.9. The van der Waals surface area contributed by atoms with Gasteiger partial charge < -0.3 is 15.7 Å². The number of hydrogen-bond acceptors (Lipinski definition) is 6. The van der Waals surface area contributed by atoms with Crippen molar-refractivity contribution >= 4 is 11.8 Å². The van der Waals surface area contributed by atoms with Gasteiger partial charge in [0.25, 0.3) is 0 Å². The molecule has 0 aliphatic heterocycles. The van der Waals surface area contributed by atoms with Crippen LogP contribution in [0.15, 0.2) is 48.8 Å². The van der Waals surface area contributed by atoms with Crippen LogP contribution in [0.25, 0.3) is 11.3 Å². The van der Waals surface area contributed by atoms with E-state index < -0.39 is 0 Å². The van der Waals surface area contributed by atoms with Gasteiger partial charge in [0.1, 0.15) is 5.82 Å². The highest BCUT2D eigenvalue weighted by molar-refractivity contribution is 5.73. The van der Waals surface area contributed by atoms with Crippen molar-refractivity contribution in [1.29, 1.82) is 0 Å². The molecule has 7 nitrogen and oxygen atoms in total. The van der Waals surface area contributed by atoms with Gasteiger partial charge in [-0.25, -0.2) is 14.6 Å². The fourth-order valence-corrected chi connectivity index (χ4v) is 3.86. The number of nitrogens with zero attached hydrogens (tertiary/aromatic N) is 4. The number of hydrogen-bond donors (Lipinski definition) is 3. The second-order valence-corrected chi connectivity index (χ2v) is 8.26. The third-order valence-electron chi connectivity index (χ3n) is 5.40. The highest BCUT2D eigenvalue weighted by Gasteiger charge is 2.21. The van der Waals surface area contributed by atoms with Crippen LogP contribution in [0.3, 0.4) is 0 Å². The number of aromatic nitrogens is 4. The lowest BCUT2D eigenvalue weighted by atomic mass is 9.93. The first-order valence-corrected chi connectivity index (χ1v) is 10.7. The van der Waals surface area contributed by atoms with Crippen LogP contribution < -0.4 is 10.6 Å². The Morgan fingerprint density at radius 2 is 1.87 bits per heavy atom. The van der Waals surface area contributed by atoms with Crippen molar-refractivity contribution in [2.75, 3.05) is 10.6 Å². The zero-order valence-corrected chi connectivity index (χ0v) is 17.6. The predicted molar refractivity (Wildman–Crippen MR) is 119 cm³/mol. The lowest BCUT2D eigenvalue weighted by molar-refractivity contribution is 0.126. The molecule has 1 aliphatic rings. The van der Waals surface area contributed by atoms with Crippen molar-refractivity contribution in [2.24, 2.45) is 0 Å². The van der Waals surface area contributed by atoms with E-state index in [0.29, 0.717) is 18.5 Å². The van der Waals surface area contributed by atoms with Gasteiger partial charge in [0.15, 0.2) is 0 Å². The molecule has 30 heavy (non-hydrogen) atoms. The summed E-state index contributed by atoms with van der Waals surface area (Å²) < 4.78 is 1.99. The van der Waals surface area contributed by atoms with E-state index in [-0.39, 0.29) is 12.1 Å². The molecular formula is C23H30N6O. The number of aliphatic hydroxyl groups excluding tert-OH is 1. The lowest BCUT2D eigenvalue weighted by Crippen LogP contribution is -2.28.